The molecule has 0 bridgehead atoms. The van der Waals surface area contributed by atoms with Crippen molar-refractivity contribution in [1.29, 1.82) is 0 Å². The van der Waals surface area contributed by atoms with E-state index >= 15 is 0 Å². The summed E-state index contributed by atoms with van der Waals surface area (Å²) >= 11 is 0. The van der Waals surface area contributed by atoms with Gasteiger partial charge in [0.15, 0.2) is 5.76 Å². The first-order chi connectivity index (χ1) is 14.9. The van der Waals surface area contributed by atoms with E-state index in [0.29, 0.717) is 18.8 Å². The number of esters is 2. The number of rotatable bonds is 5. The molecular formula is C24H25NO6. The van der Waals surface area contributed by atoms with Gasteiger partial charge in [-0.2, -0.15) is 0 Å². The Kier molecular flexibility index (Phi) is 5.78. The van der Waals surface area contributed by atoms with Crippen LogP contribution < -0.4 is 0 Å². The third-order valence-corrected chi connectivity index (χ3v) is 5.79. The molecule has 0 aliphatic carbocycles. The van der Waals surface area contributed by atoms with Gasteiger partial charge in [-0.05, 0) is 25.0 Å². The lowest BCUT2D eigenvalue weighted by atomic mass is 9.82. The Balaban J connectivity index is 1.79. The monoisotopic (exact) mass is 423 g/mol. The number of ketones is 1. The molecular weight excluding hydrogens is 398 g/mol. The number of cyclic esters (lactones) is 2. The number of furan rings is 1. The van der Waals surface area contributed by atoms with Gasteiger partial charge in [-0.25, -0.2) is 9.59 Å². The first kappa shape index (κ1) is 21.1. The topological polar surface area (TPSA) is 86.0 Å². The van der Waals surface area contributed by atoms with E-state index < -0.39 is 35.5 Å². The fourth-order valence-corrected chi connectivity index (χ4v) is 4.18. The van der Waals surface area contributed by atoms with E-state index in [-0.39, 0.29) is 5.76 Å². The zero-order valence-electron chi connectivity index (χ0n) is 17.6. The fourth-order valence-electron chi connectivity index (χ4n) is 4.18. The maximum atomic E-state index is 13.9. The SMILES string of the molecule is CC(C)C1(C(=O)c2ccc(-c3ccccc3)o2)OC(=O)/C=C\C(=O)OC1N1CCCC1. The highest BCUT2D eigenvalue weighted by atomic mass is 16.6. The second kappa shape index (κ2) is 8.51. The minimum Gasteiger partial charge on any atom is -0.453 e. The van der Waals surface area contributed by atoms with E-state index in [2.05, 4.69) is 0 Å². The molecule has 0 spiro atoms. The summed E-state index contributed by atoms with van der Waals surface area (Å²) in [5.74, 6) is -1.90. The number of hydrogen-bond acceptors (Lipinski definition) is 7. The summed E-state index contributed by atoms with van der Waals surface area (Å²) in [5, 5.41) is 0. The average molecular weight is 423 g/mol. The van der Waals surface area contributed by atoms with Crippen LogP contribution in [0.4, 0.5) is 0 Å². The molecule has 2 aliphatic heterocycles. The molecule has 1 saturated heterocycles. The Morgan fingerprint density at radius 3 is 2.35 bits per heavy atom. The lowest BCUT2D eigenvalue weighted by Gasteiger charge is -2.44. The van der Waals surface area contributed by atoms with Crippen LogP contribution in [-0.4, -0.2) is 47.5 Å². The number of carbonyl (C=O) groups is 3. The van der Waals surface area contributed by atoms with Gasteiger partial charge >= 0.3 is 11.9 Å². The summed E-state index contributed by atoms with van der Waals surface area (Å²) < 4.78 is 17.4. The van der Waals surface area contributed by atoms with E-state index in [1.54, 1.807) is 26.0 Å². The summed E-state index contributed by atoms with van der Waals surface area (Å²) in [7, 11) is 0. The molecule has 1 fully saturated rings. The molecule has 0 amide bonds. The van der Waals surface area contributed by atoms with Gasteiger partial charge in [0.1, 0.15) is 5.76 Å². The second-order valence-corrected chi connectivity index (χ2v) is 8.09. The largest absolute Gasteiger partial charge is 0.453 e. The van der Waals surface area contributed by atoms with Crippen molar-refractivity contribution in [3.63, 3.8) is 0 Å². The zero-order chi connectivity index (χ0) is 22.0. The molecule has 4 rings (SSSR count). The second-order valence-electron chi connectivity index (χ2n) is 8.09. The van der Waals surface area contributed by atoms with E-state index in [9.17, 15) is 14.4 Å². The van der Waals surface area contributed by atoms with E-state index in [1.807, 2.05) is 35.2 Å². The molecule has 1 aromatic carbocycles. The fraction of sp³-hybridized carbons (Fsp3) is 0.375. The summed E-state index contributed by atoms with van der Waals surface area (Å²) in [6.45, 7) is 4.81. The standard InChI is InChI=1S/C24H25NO6/c1-16(2)24(22(28)19-11-10-18(29-19)17-8-4-3-5-9-17)23(25-14-6-7-15-25)30-20(26)12-13-21(27)31-24/h3-5,8-13,16,23H,6-7,14-15H2,1-2H3/b13-12-. The molecule has 31 heavy (non-hydrogen) atoms. The Morgan fingerprint density at radius 1 is 1.00 bits per heavy atom. The molecule has 1 aromatic heterocycles. The van der Waals surface area contributed by atoms with Crippen molar-refractivity contribution in [2.45, 2.75) is 38.5 Å². The minimum absolute atomic E-state index is 0.0464. The Labute approximate surface area is 180 Å². The summed E-state index contributed by atoms with van der Waals surface area (Å²) in [6, 6.07) is 12.7. The predicted molar refractivity (Wildman–Crippen MR) is 112 cm³/mol. The molecule has 2 aromatic rings. The molecule has 2 aliphatic rings. The number of carbonyl (C=O) groups excluding carboxylic acids is 3. The Morgan fingerprint density at radius 2 is 1.68 bits per heavy atom. The molecule has 0 radical (unpaired) electrons. The first-order valence-electron chi connectivity index (χ1n) is 10.5. The normalized spacial score (nSPS) is 25.6. The minimum atomic E-state index is -1.74. The van der Waals surface area contributed by atoms with Gasteiger partial charge in [0.2, 0.25) is 17.6 Å². The molecule has 3 heterocycles. The van der Waals surface area contributed by atoms with Crippen LogP contribution in [0.5, 0.6) is 0 Å². The number of likely N-dealkylation sites (tertiary alicyclic amines) is 1. The van der Waals surface area contributed by atoms with Crippen LogP contribution in [0.3, 0.4) is 0 Å². The number of Topliss-reactive ketones (excluding diaryl/α,β-unsaturated/α-hetero) is 1. The molecule has 7 nitrogen and oxygen atoms in total. The van der Waals surface area contributed by atoms with Crippen molar-refractivity contribution in [3.05, 3.63) is 60.4 Å². The highest BCUT2D eigenvalue weighted by Crippen LogP contribution is 2.38. The Bertz CT molecular complexity index is 1000. The Hall–Kier alpha value is -3.19. The van der Waals surface area contributed by atoms with Crippen LogP contribution in [0.25, 0.3) is 11.3 Å². The van der Waals surface area contributed by atoms with E-state index in [1.165, 1.54) is 0 Å². The van der Waals surface area contributed by atoms with Gasteiger partial charge in [0, 0.05) is 36.7 Å². The van der Waals surface area contributed by atoms with Crippen molar-refractivity contribution in [2.75, 3.05) is 13.1 Å². The maximum absolute atomic E-state index is 13.9. The van der Waals surface area contributed by atoms with E-state index in [4.69, 9.17) is 13.9 Å². The number of nitrogens with zero attached hydrogens (tertiary/aromatic N) is 1. The quantitative estimate of drug-likeness (QED) is 0.536. The maximum Gasteiger partial charge on any atom is 0.332 e. The van der Waals surface area contributed by atoms with Gasteiger partial charge in [-0.3, -0.25) is 9.69 Å². The average Bonchev–Trinajstić information content (AvgIpc) is 3.46. The van der Waals surface area contributed by atoms with Gasteiger partial charge in [-0.15, -0.1) is 0 Å². The molecule has 2 unspecified atom stereocenters. The smallest absolute Gasteiger partial charge is 0.332 e. The van der Waals surface area contributed by atoms with Crippen molar-refractivity contribution in [2.24, 2.45) is 5.92 Å². The van der Waals surface area contributed by atoms with Crippen LogP contribution in [0.1, 0.15) is 37.2 Å². The van der Waals surface area contributed by atoms with Crippen molar-refractivity contribution >= 4 is 17.7 Å². The van der Waals surface area contributed by atoms with Gasteiger partial charge < -0.3 is 13.9 Å². The summed E-state index contributed by atoms with van der Waals surface area (Å²) in [6.07, 6.45) is 2.78. The molecule has 2 atom stereocenters. The van der Waals surface area contributed by atoms with Crippen LogP contribution in [0.15, 0.2) is 59.0 Å². The highest BCUT2D eigenvalue weighted by Gasteiger charge is 2.58. The van der Waals surface area contributed by atoms with Gasteiger partial charge in [-0.1, -0.05) is 44.2 Å². The van der Waals surface area contributed by atoms with Crippen LogP contribution in [0.2, 0.25) is 0 Å². The lowest BCUT2D eigenvalue weighted by molar-refractivity contribution is -0.202. The predicted octanol–water partition coefficient (Wildman–Crippen LogP) is 3.60. The summed E-state index contributed by atoms with van der Waals surface area (Å²) in [5.41, 5.74) is -0.923. The summed E-state index contributed by atoms with van der Waals surface area (Å²) in [4.78, 5) is 40.6. The van der Waals surface area contributed by atoms with Crippen molar-refractivity contribution in [3.8, 4) is 11.3 Å². The zero-order valence-corrected chi connectivity index (χ0v) is 17.6. The number of ether oxygens (including phenoxy) is 2. The third-order valence-electron chi connectivity index (χ3n) is 5.79. The number of hydrogen-bond donors (Lipinski definition) is 0. The molecule has 162 valence electrons. The molecule has 0 saturated carbocycles. The first-order valence-corrected chi connectivity index (χ1v) is 10.5. The molecule has 0 N–H and O–H groups in total. The van der Waals surface area contributed by atoms with Crippen LogP contribution >= 0.6 is 0 Å². The number of benzene rings is 1. The molecule has 7 heteroatoms. The third kappa shape index (κ3) is 3.93. The van der Waals surface area contributed by atoms with Gasteiger partial charge in [0.25, 0.3) is 0 Å². The highest BCUT2D eigenvalue weighted by molar-refractivity contribution is 6.04. The van der Waals surface area contributed by atoms with E-state index in [0.717, 1.165) is 30.6 Å². The van der Waals surface area contributed by atoms with Crippen molar-refractivity contribution in [1.82, 2.24) is 4.90 Å². The van der Waals surface area contributed by atoms with Crippen LogP contribution in [-0.2, 0) is 19.1 Å². The van der Waals surface area contributed by atoms with Gasteiger partial charge in [0.05, 0.1) is 0 Å². The van der Waals surface area contributed by atoms with Crippen molar-refractivity contribution < 1.29 is 28.3 Å². The lowest BCUT2D eigenvalue weighted by Crippen LogP contribution is -2.64. The van der Waals surface area contributed by atoms with Crippen LogP contribution in [0, 0.1) is 5.92 Å².